The third kappa shape index (κ3) is 5.04. The highest BCUT2D eigenvalue weighted by molar-refractivity contribution is 5.96. The van der Waals surface area contributed by atoms with E-state index in [0.29, 0.717) is 17.8 Å². The summed E-state index contributed by atoms with van der Waals surface area (Å²) in [5, 5.41) is 5.65. The Bertz CT molecular complexity index is 816. The fraction of sp³-hybridized carbons (Fsp3) is 0.350. The molecule has 27 heavy (non-hydrogen) atoms. The zero-order chi connectivity index (χ0) is 19.2. The molecule has 0 radical (unpaired) electrons. The molecule has 0 aliphatic carbocycles. The number of carbonyl (C=O) groups is 2. The molecule has 1 fully saturated rings. The minimum atomic E-state index is -0.185. The molecule has 0 saturated carbocycles. The minimum absolute atomic E-state index is 0.167. The van der Waals surface area contributed by atoms with Gasteiger partial charge in [0.1, 0.15) is 5.82 Å². The first-order valence-corrected chi connectivity index (χ1v) is 9.06. The van der Waals surface area contributed by atoms with E-state index in [2.05, 4.69) is 32.5 Å². The van der Waals surface area contributed by atoms with E-state index in [-0.39, 0.29) is 11.8 Å². The van der Waals surface area contributed by atoms with Gasteiger partial charge in [0.05, 0.1) is 0 Å². The van der Waals surface area contributed by atoms with Crippen LogP contribution in [0.5, 0.6) is 0 Å². The van der Waals surface area contributed by atoms with Crippen LogP contribution in [-0.2, 0) is 11.3 Å². The van der Waals surface area contributed by atoms with Gasteiger partial charge in [-0.2, -0.15) is 0 Å². The standard InChI is InChI=1S/C20H25N5O2/c1-15(26)23-18-7-3-5-16(13-18)20(27)22-14-17-6-4-8-21-19(17)25-11-9-24(2)10-12-25/h3-8,13H,9-12,14H2,1-2H3,(H,22,27)(H,23,26). The molecule has 1 aromatic carbocycles. The van der Waals surface area contributed by atoms with Crippen molar-refractivity contribution in [3.8, 4) is 0 Å². The number of hydrogen-bond donors (Lipinski definition) is 2. The van der Waals surface area contributed by atoms with Crippen LogP contribution in [0.3, 0.4) is 0 Å². The van der Waals surface area contributed by atoms with E-state index in [1.807, 2.05) is 12.1 Å². The lowest BCUT2D eigenvalue weighted by Crippen LogP contribution is -2.45. The van der Waals surface area contributed by atoms with Crippen molar-refractivity contribution >= 4 is 23.3 Å². The maximum Gasteiger partial charge on any atom is 0.251 e. The lowest BCUT2D eigenvalue weighted by molar-refractivity contribution is -0.114. The first-order valence-electron chi connectivity index (χ1n) is 9.06. The number of likely N-dealkylation sites (N-methyl/N-ethyl adjacent to an activating group) is 1. The molecule has 0 bridgehead atoms. The van der Waals surface area contributed by atoms with Crippen molar-refractivity contribution in [1.82, 2.24) is 15.2 Å². The Morgan fingerprint density at radius 3 is 2.63 bits per heavy atom. The minimum Gasteiger partial charge on any atom is -0.354 e. The van der Waals surface area contributed by atoms with Crippen molar-refractivity contribution in [2.24, 2.45) is 0 Å². The van der Waals surface area contributed by atoms with E-state index in [9.17, 15) is 9.59 Å². The summed E-state index contributed by atoms with van der Waals surface area (Å²) in [4.78, 5) is 32.8. The monoisotopic (exact) mass is 367 g/mol. The van der Waals surface area contributed by atoms with Crippen molar-refractivity contribution < 1.29 is 9.59 Å². The van der Waals surface area contributed by atoms with Gasteiger partial charge in [-0.05, 0) is 31.3 Å². The number of carbonyl (C=O) groups excluding carboxylic acids is 2. The summed E-state index contributed by atoms with van der Waals surface area (Å²) in [6.45, 7) is 5.69. The number of aromatic nitrogens is 1. The van der Waals surface area contributed by atoms with Crippen molar-refractivity contribution in [2.75, 3.05) is 43.4 Å². The highest BCUT2D eigenvalue weighted by atomic mass is 16.2. The topological polar surface area (TPSA) is 77.6 Å². The maximum absolute atomic E-state index is 12.5. The smallest absolute Gasteiger partial charge is 0.251 e. The summed E-state index contributed by atoms with van der Waals surface area (Å²) in [5.74, 6) is 0.577. The summed E-state index contributed by atoms with van der Waals surface area (Å²) in [6, 6.07) is 10.8. The number of piperazine rings is 1. The molecular formula is C20H25N5O2. The molecule has 0 atom stereocenters. The van der Waals surface area contributed by atoms with E-state index < -0.39 is 0 Å². The number of anilines is 2. The first-order chi connectivity index (χ1) is 13.0. The highest BCUT2D eigenvalue weighted by Crippen LogP contribution is 2.19. The number of nitrogens with one attached hydrogen (secondary N) is 2. The Kier molecular flexibility index (Phi) is 6.03. The number of benzene rings is 1. The second-order valence-corrected chi connectivity index (χ2v) is 6.72. The molecule has 142 valence electrons. The van der Waals surface area contributed by atoms with E-state index in [0.717, 1.165) is 37.6 Å². The van der Waals surface area contributed by atoms with E-state index in [4.69, 9.17) is 0 Å². The van der Waals surface area contributed by atoms with Crippen LogP contribution in [0.15, 0.2) is 42.6 Å². The predicted octanol–water partition coefficient (Wildman–Crippen LogP) is 1.72. The van der Waals surface area contributed by atoms with E-state index in [1.165, 1.54) is 6.92 Å². The van der Waals surface area contributed by atoms with E-state index >= 15 is 0 Å². The van der Waals surface area contributed by atoms with Crippen LogP contribution in [0.4, 0.5) is 11.5 Å². The molecule has 2 heterocycles. The molecule has 0 spiro atoms. The van der Waals surface area contributed by atoms with Gasteiger partial charge in [0.2, 0.25) is 5.91 Å². The highest BCUT2D eigenvalue weighted by Gasteiger charge is 2.18. The predicted molar refractivity (Wildman–Crippen MR) is 106 cm³/mol. The fourth-order valence-electron chi connectivity index (χ4n) is 3.09. The number of amides is 2. The average molecular weight is 367 g/mol. The number of hydrogen-bond acceptors (Lipinski definition) is 5. The number of pyridine rings is 1. The quantitative estimate of drug-likeness (QED) is 0.841. The van der Waals surface area contributed by atoms with Crippen molar-refractivity contribution in [3.05, 3.63) is 53.7 Å². The average Bonchev–Trinajstić information content (AvgIpc) is 2.67. The Labute approximate surface area is 159 Å². The van der Waals surface area contributed by atoms with Crippen LogP contribution in [0.25, 0.3) is 0 Å². The lowest BCUT2D eigenvalue weighted by atomic mass is 10.1. The third-order valence-electron chi connectivity index (χ3n) is 4.55. The summed E-state index contributed by atoms with van der Waals surface area (Å²) in [6.07, 6.45) is 1.79. The molecular weight excluding hydrogens is 342 g/mol. The van der Waals surface area contributed by atoms with Gasteiger partial charge < -0.3 is 20.4 Å². The Morgan fingerprint density at radius 2 is 1.89 bits per heavy atom. The van der Waals surface area contributed by atoms with Crippen molar-refractivity contribution in [3.63, 3.8) is 0 Å². The maximum atomic E-state index is 12.5. The lowest BCUT2D eigenvalue weighted by Gasteiger charge is -2.34. The van der Waals surface area contributed by atoms with Crippen LogP contribution < -0.4 is 15.5 Å². The Hall–Kier alpha value is -2.93. The molecule has 1 aromatic heterocycles. The van der Waals surface area contributed by atoms with Crippen molar-refractivity contribution in [1.29, 1.82) is 0 Å². The fourth-order valence-corrected chi connectivity index (χ4v) is 3.09. The van der Waals surface area contributed by atoms with Gasteiger partial charge in [-0.1, -0.05) is 12.1 Å². The zero-order valence-corrected chi connectivity index (χ0v) is 15.7. The molecule has 1 aliphatic rings. The molecule has 2 N–H and O–H groups in total. The molecule has 1 aliphatic heterocycles. The molecule has 3 rings (SSSR count). The largest absolute Gasteiger partial charge is 0.354 e. The first kappa shape index (κ1) is 18.8. The summed E-state index contributed by atoms with van der Waals surface area (Å²) in [5.41, 5.74) is 2.11. The SMILES string of the molecule is CC(=O)Nc1cccc(C(=O)NCc2cccnc2N2CCN(C)CC2)c1. The van der Waals surface area contributed by atoms with Gasteiger partial charge in [-0.15, -0.1) is 0 Å². The van der Waals surface area contributed by atoms with Crippen LogP contribution in [-0.4, -0.2) is 54.9 Å². The Morgan fingerprint density at radius 1 is 1.11 bits per heavy atom. The van der Waals surface area contributed by atoms with E-state index in [1.54, 1.807) is 30.5 Å². The van der Waals surface area contributed by atoms with Gasteiger partial charge in [-0.25, -0.2) is 4.98 Å². The van der Waals surface area contributed by atoms with Gasteiger partial charge in [0, 0.05) is 62.7 Å². The Balaban J connectivity index is 1.66. The van der Waals surface area contributed by atoms with Gasteiger partial charge in [0.15, 0.2) is 0 Å². The van der Waals surface area contributed by atoms with Gasteiger partial charge in [0.25, 0.3) is 5.91 Å². The van der Waals surface area contributed by atoms with Crippen LogP contribution in [0.2, 0.25) is 0 Å². The normalized spacial score (nSPS) is 14.7. The molecule has 7 heteroatoms. The second-order valence-electron chi connectivity index (χ2n) is 6.72. The zero-order valence-electron chi connectivity index (χ0n) is 15.7. The van der Waals surface area contributed by atoms with Crippen LogP contribution in [0, 0.1) is 0 Å². The third-order valence-corrected chi connectivity index (χ3v) is 4.55. The summed E-state index contributed by atoms with van der Waals surface area (Å²) >= 11 is 0. The van der Waals surface area contributed by atoms with Gasteiger partial charge >= 0.3 is 0 Å². The summed E-state index contributed by atoms with van der Waals surface area (Å²) in [7, 11) is 2.12. The molecule has 7 nitrogen and oxygen atoms in total. The molecule has 1 saturated heterocycles. The second kappa shape index (κ2) is 8.64. The van der Waals surface area contributed by atoms with Crippen molar-refractivity contribution in [2.45, 2.75) is 13.5 Å². The number of rotatable bonds is 5. The van der Waals surface area contributed by atoms with Gasteiger partial charge in [-0.3, -0.25) is 9.59 Å². The molecule has 2 amide bonds. The number of nitrogens with zero attached hydrogens (tertiary/aromatic N) is 3. The summed E-state index contributed by atoms with van der Waals surface area (Å²) < 4.78 is 0. The molecule has 2 aromatic rings. The molecule has 0 unspecified atom stereocenters. The van der Waals surface area contributed by atoms with Crippen LogP contribution in [0.1, 0.15) is 22.8 Å². The van der Waals surface area contributed by atoms with Crippen LogP contribution >= 0.6 is 0 Å².